The highest BCUT2D eigenvalue weighted by Gasteiger charge is 2.14. The van der Waals surface area contributed by atoms with Gasteiger partial charge in [0.05, 0.1) is 5.69 Å². The molecule has 0 amide bonds. The number of hydrogen-bond donors (Lipinski definition) is 1. The minimum absolute atomic E-state index is 0.369. The van der Waals surface area contributed by atoms with E-state index in [9.17, 15) is 0 Å². The number of nitrogens with two attached hydrogens (primary N) is 1. The van der Waals surface area contributed by atoms with E-state index in [1.165, 1.54) is 0 Å². The molecule has 5 heteroatoms. The van der Waals surface area contributed by atoms with Gasteiger partial charge in [0, 0.05) is 18.2 Å². The highest BCUT2D eigenvalue weighted by Crippen LogP contribution is 2.34. The van der Waals surface area contributed by atoms with Crippen molar-refractivity contribution >= 4 is 0 Å². The van der Waals surface area contributed by atoms with Crippen molar-refractivity contribution in [3.8, 4) is 22.8 Å². The predicted molar refractivity (Wildman–Crippen MR) is 60.8 cm³/mol. The molecule has 0 bridgehead atoms. The molecule has 1 aliphatic heterocycles. The van der Waals surface area contributed by atoms with Crippen molar-refractivity contribution in [1.29, 1.82) is 0 Å². The molecule has 0 radical (unpaired) electrons. The van der Waals surface area contributed by atoms with Crippen LogP contribution in [0.3, 0.4) is 0 Å². The summed E-state index contributed by atoms with van der Waals surface area (Å²) in [7, 11) is 0. The first-order chi connectivity index (χ1) is 8.36. The highest BCUT2D eigenvalue weighted by atomic mass is 16.6. The molecule has 2 aromatic rings. The molecule has 5 nitrogen and oxygen atoms in total. The monoisotopic (exact) mass is 232 g/mol. The second-order valence-corrected chi connectivity index (χ2v) is 3.75. The third-order valence-electron chi connectivity index (χ3n) is 2.59. The molecular formula is C12H12N2O3. The fourth-order valence-electron chi connectivity index (χ4n) is 1.74. The normalized spacial score (nSPS) is 13.7. The molecule has 0 fully saturated rings. The molecule has 17 heavy (non-hydrogen) atoms. The van der Waals surface area contributed by atoms with Gasteiger partial charge in [-0.2, -0.15) is 0 Å². The molecule has 1 aromatic carbocycles. The topological polar surface area (TPSA) is 70.5 Å². The van der Waals surface area contributed by atoms with Gasteiger partial charge in [-0.3, -0.25) is 0 Å². The Morgan fingerprint density at radius 1 is 1.12 bits per heavy atom. The summed E-state index contributed by atoms with van der Waals surface area (Å²) in [6.45, 7) is 1.53. The summed E-state index contributed by atoms with van der Waals surface area (Å²) in [5, 5.41) is 3.85. The molecule has 0 unspecified atom stereocenters. The van der Waals surface area contributed by atoms with Gasteiger partial charge in [0.25, 0.3) is 0 Å². The van der Waals surface area contributed by atoms with E-state index in [-0.39, 0.29) is 0 Å². The maximum absolute atomic E-state index is 5.51. The summed E-state index contributed by atoms with van der Waals surface area (Å²) in [5.74, 6) is 2.18. The minimum Gasteiger partial charge on any atom is -0.486 e. The van der Waals surface area contributed by atoms with Gasteiger partial charge in [-0.1, -0.05) is 5.16 Å². The summed E-state index contributed by atoms with van der Waals surface area (Å²) < 4.78 is 16.2. The molecule has 2 N–H and O–H groups in total. The zero-order chi connectivity index (χ0) is 11.7. The summed E-state index contributed by atoms with van der Waals surface area (Å²) in [6, 6.07) is 7.49. The Morgan fingerprint density at radius 2 is 1.94 bits per heavy atom. The number of fused-ring (bicyclic) bond motifs is 1. The summed E-state index contributed by atoms with van der Waals surface area (Å²) in [5.41, 5.74) is 7.12. The molecular weight excluding hydrogens is 220 g/mol. The molecule has 3 rings (SSSR count). The number of rotatable bonds is 2. The lowest BCUT2D eigenvalue weighted by atomic mass is 10.1. The van der Waals surface area contributed by atoms with E-state index in [1.807, 2.05) is 24.3 Å². The molecule has 0 spiro atoms. The molecule has 0 saturated carbocycles. The van der Waals surface area contributed by atoms with Gasteiger partial charge >= 0.3 is 0 Å². The van der Waals surface area contributed by atoms with Crippen molar-refractivity contribution < 1.29 is 14.0 Å². The van der Waals surface area contributed by atoms with E-state index >= 15 is 0 Å². The second kappa shape index (κ2) is 4.10. The second-order valence-electron chi connectivity index (χ2n) is 3.75. The van der Waals surface area contributed by atoms with Crippen molar-refractivity contribution in [2.45, 2.75) is 6.54 Å². The van der Waals surface area contributed by atoms with Crippen LogP contribution in [0.15, 0.2) is 28.8 Å². The molecule has 88 valence electrons. The van der Waals surface area contributed by atoms with Gasteiger partial charge < -0.3 is 19.7 Å². The number of benzene rings is 1. The standard InChI is InChI=1S/C12H12N2O3/c13-7-9-6-11(17-14-9)8-1-2-10-12(5-8)16-4-3-15-10/h1-2,5-6H,3-4,7,13H2. The zero-order valence-corrected chi connectivity index (χ0v) is 9.18. The smallest absolute Gasteiger partial charge is 0.167 e. The van der Waals surface area contributed by atoms with Crippen LogP contribution in [0.1, 0.15) is 5.69 Å². The Balaban J connectivity index is 1.97. The van der Waals surface area contributed by atoms with Crippen LogP contribution in [0.25, 0.3) is 11.3 Å². The van der Waals surface area contributed by atoms with Gasteiger partial charge in [-0.25, -0.2) is 0 Å². The average Bonchev–Trinajstić information content (AvgIpc) is 2.87. The van der Waals surface area contributed by atoms with E-state index in [4.69, 9.17) is 19.7 Å². The van der Waals surface area contributed by atoms with Crippen LogP contribution in [-0.4, -0.2) is 18.4 Å². The fourth-order valence-corrected chi connectivity index (χ4v) is 1.74. The maximum Gasteiger partial charge on any atom is 0.167 e. The first-order valence-electron chi connectivity index (χ1n) is 5.42. The van der Waals surface area contributed by atoms with Crippen molar-refractivity contribution in [1.82, 2.24) is 5.16 Å². The van der Waals surface area contributed by atoms with E-state index in [0.29, 0.717) is 25.5 Å². The van der Waals surface area contributed by atoms with E-state index < -0.39 is 0 Å². The van der Waals surface area contributed by atoms with Gasteiger partial charge in [-0.15, -0.1) is 0 Å². The molecule has 1 aliphatic rings. The molecule has 0 aliphatic carbocycles. The third-order valence-corrected chi connectivity index (χ3v) is 2.59. The Morgan fingerprint density at radius 3 is 2.71 bits per heavy atom. The van der Waals surface area contributed by atoms with E-state index in [1.54, 1.807) is 0 Å². The largest absolute Gasteiger partial charge is 0.486 e. The molecule has 0 atom stereocenters. The van der Waals surface area contributed by atoms with Crippen LogP contribution in [0.2, 0.25) is 0 Å². The van der Waals surface area contributed by atoms with Crippen LogP contribution in [0.5, 0.6) is 11.5 Å². The lowest BCUT2D eigenvalue weighted by molar-refractivity contribution is 0.171. The SMILES string of the molecule is NCc1cc(-c2ccc3c(c2)OCCO3)on1. The quantitative estimate of drug-likeness (QED) is 0.851. The molecule has 0 saturated heterocycles. The Labute approximate surface area is 98.1 Å². The van der Waals surface area contributed by atoms with Crippen LogP contribution >= 0.6 is 0 Å². The zero-order valence-electron chi connectivity index (χ0n) is 9.18. The Bertz CT molecular complexity index is 536. The number of hydrogen-bond acceptors (Lipinski definition) is 5. The Hall–Kier alpha value is -2.01. The first-order valence-corrected chi connectivity index (χ1v) is 5.42. The van der Waals surface area contributed by atoms with Gasteiger partial charge in [0.2, 0.25) is 0 Å². The van der Waals surface area contributed by atoms with Crippen molar-refractivity contribution in [3.63, 3.8) is 0 Å². The summed E-state index contributed by atoms with van der Waals surface area (Å²) in [6.07, 6.45) is 0. The van der Waals surface area contributed by atoms with E-state index in [2.05, 4.69) is 5.16 Å². The highest BCUT2D eigenvalue weighted by molar-refractivity contribution is 5.62. The number of nitrogens with zero attached hydrogens (tertiary/aromatic N) is 1. The van der Waals surface area contributed by atoms with Crippen molar-refractivity contribution in [2.24, 2.45) is 5.73 Å². The summed E-state index contributed by atoms with van der Waals surface area (Å²) >= 11 is 0. The lowest BCUT2D eigenvalue weighted by Gasteiger charge is -2.18. The first kappa shape index (κ1) is 10.2. The fraction of sp³-hybridized carbons (Fsp3) is 0.250. The van der Waals surface area contributed by atoms with Crippen molar-refractivity contribution in [2.75, 3.05) is 13.2 Å². The summed E-state index contributed by atoms with van der Waals surface area (Å²) in [4.78, 5) is 0. The average molecular weight is 232 g/mol. The minimum atomic E-state index is 0.369. The van der Waals surface area contributed by atoms with E-state index in [0.717, 1.165) is 22.8 Å². The van der Waals surface area contributed by atoms with Gasteiger partial charge in [-0.05, 0) is 18.2 Å². The predicted octanol–water partition coefficient (Wildman–Crippen LogP) is 1.57. The molecule has 2 heterocycles. The van der Waals surface area contributed by atoms with Crippen LogP contribution < -0.4 is 15.2 Å². The van der Waals surface area contributed by atoms with Gasteiger partial charge in [0.1, 0.15) is 13.2 Å². The number of aromatic nitrogens is 1. The Kier molecular flexibility index (Phi) is 2.45. The van der Waals surface area contributed by atoms with Crippen LogP contribution in [0.4, 0.5) is 0 Å². The number of ether oxygens (including phenoxy) is 2. The maximum atomic E-state index is 5.51. The van der Waals surface area contributed by atoms with Gasteiger partial charge in [0.15, 0.2) is 17.3 Å². The third kappa shape index (κ3) is 1.85. The lowest BCUT2D eigenvalue weighted by Crippen LogP contribution is -2.15. The van der Waals surface area contributed by atoms with Crippen molar-refractivity contribution in [3.05, 3.63) is 30.0 Å². The van der Waals surface area contributed by atoms with Crippen LogP contribution in [-0.2, 0) is 6.54 Å². The molecule has 1 aromatic heterocycles. The van der Waals surface area contributed by atoms with Crippen LogP contribution in [0, 0.1) is 0 Å².